The van der Waals surface area contributed by atoms with Crippen LogP contribution in [0.4, 0.5) is 0 Å². The molecule has 0 N–H and O–H groups in total. The molecule has 328 valence electrons. The Morgan fingerprint density at radius 1 is 0.362 bits per heavy atom. The number of rotatable bonds is 40. The molecule has 1 unspecified atom stereocenters. The van der Waals surface area contributed by atoms with Crippen LogP contribution in [0.5, 0.6) is 0 Å². The Kier molecular flexibility index (Phi) is 43.1. The molecule has 0 amide bonds. The van der Waals surface area contributed by atoms with E-state index in [2.05, 4.69) is 106 Å². The van der Waals surface area contributed by atoms with Crippen molar-refractivity contribution >= 4 is 17.9 Å². The third-order valence-electron chi connectivity index (χ3n) is 9.32. The Hall–Kier alpha value is -3.67. The van der Waals surface area contributed by atoms with Gasteiger partial charge < -0.3 is 14.2 Å². The summed E-state index contributed by atoms with van der Waals surface area (Å²) in [5.74, 6) is -1.03. The number of ether oxygens (including phenoxy) is 3. The predicted octanol–water partition coefficient (Wildman–Crippen LogP) is 15.0. The van der Waals surface area contributed by atoms with Crippen LogP contribution in [-0.2, 0) is 28.6 Å². The van der Waals surface area contributed by atoms with Crippen LogP contribution in [0.15, 0.2) is 97.2 Å². The molecule has 58 heavy (non-hydrogen) atoms. The van der Waals surface area contributed by atoms with Gasteiger partial charge in [0, 0.05) is 19.3 Å². The molecule has 0 aliphatic carbocycles. The van der Waals surface area contributed by atoms with Crippen LogP contribution in [0, 0.1) is 0 Å². The largest absolute Gasteiger partial charge is 0.462 e. The molecule has 0 radical (unpaired) electrons. The van der Waals surface area contributed by atoms with E-state index in [1.54, 1.807) is 0 Å². The average Bonchev–Trinajstić information content (AvgIpc) is 3.22. The molecule has 0 aromatic heterocycles. The molecule has 0 saturated carbocycles. The van der Waals surface area contributed by atoms with Crippen LogP contribution in [0.25, 0.3) is 0 Å². The van der Waals surface area contributed by atoms with Crippen molar-refractivity contribution in [2.24, 2.45) is 0 Å². The van der Waals surface area contributed by atoms with Gasteiger partial charge in [0.25, 0.3) is 0 Å². The number of carbonyl (C=O) groups is 3. The summed E-state index contributed by atoms with van der Waals surface area (Å²) in [6.45, 7) is 6.26. The van der Waals surface area contributed by atoms with Crippen LogP contribution in [0.1, 0.15) is 194 Å². The molecule has 0 spiro atoms. The van der Waals surface area contributed by atoms with Crippen LogP contribution >= 0.6 is 0 Å². The lowest BCUT2D eigenvalue weighted by atomic mass is 10.1. The normalized spacial score (nSPS) is 12.9. The van der Waals surface area contributed by atoms with Crippen molar-refractivity contribution in [1.82, 2.24) is 0 Å². The summed E-state index contributed by atoms with van der Waals surface area (Å²) >= 11 is 0. The van der Waals surface area contributed by atoms with Gasteiger partial charge in [-0.25, -0.2) is 0 Å². The lowest BCUT2D eigenvalue weighted by Gasteiger charge is -2.18. The van der Waals surface area contributed by atoms with E-state index in [9.17, 15) is 14.4 Å². The highest BCUT2D eigenvalue weighted by molar-refractivity contribution is 5.71. The first-order valence-electron chi connectivity index (χ1n) is 23.2. The third kappa shape index (κ3) is 43.5. The van der Waals surface area contributed by atoms with Crippen LogP contribution in [-0.4, -0.2) is 37.2 Å². The maximum atomic E-state index is 12.7. The molecular weight excluding hydrogens is 721 g/mol. The van der Waals surface area contributed by atoms with Gasteiger partial charge in [-0.3, -0.25) is 14.4 Å². The van der Waals surface area contributed by atoms with Crippen molar-refractivity contribution in [2.45, 2.75) is 200 Å². The van der Waals surface area contributed by atoms with Gasteiger partial charge in [-0.1, -0.05) is 176 Å². The summed E-state index contributed by atoms with van der Waals surface area (Å²) in [5, 5.41) is 0. The monoisotopic (exact) mass is 805 g/mol. The van der Waals surface area contributed by atoms with Crippen LogP contribution in [0.2, 0.25) is 0 Å². The van der Waals surface area contributed by atoms with E-state index in [-0.39, 0.29) is 37.5 Å². The van der Waals surface area contributed by atoms with Gasteiger partial charge in [0.05, 0.1) is 0 Å². The summed E-state index contributed by atoms with van der Waals surface area (Å²) in [6, 6.07) is 0. The van der Waals surface area contributed by atoms with Crippen molar-refractivity contribution in [3.63, 3.8) is 0 Å². The van der Waals surface area contributed by atoms with Gasteiger partial charge in [0.1, 0.15) is 13.2 Å². The highest BCUT2D eigenvalue weighted by Crippen LogP contribution is 2.12. The Bertz CT molecular complexity index is 1200. The topological polar surface area (TPSA) is 78.9 Å². The smallest absolute Gasteiger partial charge is 0.306 e. The molecule has 0 aliphatic rings. The Morgan fingerprint density at radius 3 is 1.17 bits per heavy atom. The van der Waals surface area contributed by atoms with Crippen LogP contribution in [0.3, 0.4) is 0 Å². The second-order valence-corrected chi connectivity index (χ2v) is 14.9. The Balaban J connectivity index is 4.52. The lowest BCUT2D eigenvalue weighted by Crippen LogP contribution is -2.30. The number of hydrogen-bond donors (Lipinski definition) is 0. The first-order chi connectivity index (χ1) is 28.5. The van der Waals surface area contributed by atoms with Gasteiger partial charge in [-0.15, -0.1) is 0 Å². The zero-order valence-corrected chi connectivity index (χ0v) is 37.3. The molecule has 1 atom stereocenters. The van der Waals surface area contributed by atoms with Crippen molar-refractivity contribution in [3.05, 3.63) is 97.2 Å². The third-order valence-corrected chi connectivity index (χ3v) is 9.32. The lowest BCUT2D eigenvalue weighted by molar-refractivity contribution is -0.166. The van der Waals surface area contributed by atoms with Crippen molar-refractivity contribution in [2.75, 3.05) is 13.2 Å². The predicted molar refractivity (Wildman–Crippen MR) is 247 cm³/mol. The number of carbonyl (C=O) groups excluding carboxylic acids is 3. The summed E-state index contributed by atoms with van der Waals surface area (Å²) in [5.41, 5.74) is 0. The molecule has 0 bridgehead atoms. The number of esters is 3. The van der Waals surface area contributed by atoms with Gasteiger partial charge in [0.2, 0.25) is 0 Å². The van der Waals surface area contributed by atoms with E-state index >= 15 is 0 Å². The molecule has 0 aromatic rings. The van der Waals surface area contributed by atoms with Gasteiger partial charge >= 0.3 is 17.9 Å². The molecule has 0 aromatic carbocycles. The summed E-state index contributed by atoms with van der Waals surface area (Å²) in [6.07, 6.45) is 59.7. The average molecular weight is 805 g/mol. The minimum absolute atomic E-state index is 0.111. The van der Waals surface area contributed by atoms with Crippen molar-refractivity contribution in [1.29, 1.82) is 0 Å². The fourth-order valence-electron chi connectivity index (χ4n) is 5.86. The van der Waals surface area contributed by atoms with Gasteiger partial charge in [0.15, 0.2) is 6.10 Å². The number of hydrogen-bond acceptors (Lipinski definition) is 6. The SMILES string of the molecule is CC/C=C\C/C=C\C/C=C\C/C=C\C/C=C\CCC(=O)OCC(COC(=O)CCCCCC/C=C\CCCC)OC(=O)CCCCCCCCC/C=C\C/C=C\CC. The fourth-order valence-corrected chi connectivity index (χ4v) is 5.86. The molecule has 6 heteroatoms. The number of allylic oxidation sites excluding steroid dienone is 16. The van der Waals surface area contributed by atoms with E-state index < -0.39 is 6.10 Å². The highest BCUT2D eigenvalue weighted by Gasteiger charge is 2.19. The van der Waals surface area contributed by atoms with Gasteiger partial charge in [-0.05, 0) is 96.3 Å². The molecule has 0 fully saturated rings. The maximum absolute atomic E-state index is 12.7. The van der Waals surface area contributed by atoms with E-state index in [0.29, 0.717) is 19.3 Å². The quantitative estimate of drug-likeness (QED) is 0.0266. The first kappa shape index (κ1) is 54.3. The summed E-state index contributed by atoms with van der Waals surface area (Å²) in [4.78, 5) is 37.7. The molecule has 0 saturated heterocycles. The van der Waals surface area contributed by atoms with Crippen molar-refractivity contribution < 1.29 is 28.6 Å². The zero-order chi connectivity index (χ0) is 42.3. The molecule has 6 nitrogen and oxygen atoms in total. The molecule has 0 heterocycles. The van der Waals surface area contributed by atoms with E-state index in [4.69, 9.17) is 14.2 Å². The highest BCUT2D eigenvalue weighted by atomic mass is 16.6. The zero-order valence-electron chi connectivity index (χ0n) is 37.3. The molecular formula is C52H84O6. The van der Waals surface area contributed by atoms with Gasteiger partial charge in [-0.2, -0.15) is 0 Å². The molecule has 0 aliphatic heterocycles. The van der Waals surface area contributed by atoms with E-state index in [0.717, 1.165) is 109 Å². The summed E-state index contributed by atoms with van der Waals surface area (Å²) in [7, 11) is 0. The van der Waals surface area contributed by atoms with Crippen molar-refractivity contribution in [3.8, 4) is 0 Å². The molecule has 0 rings (SSSR count). The second kappa shape index (κ2) is 46.0. The minimum atomic E-state index is -0.815. The Morgan fingerprint density at radius 2 is 0.707 bits per heavy atom. The Labute approximate surface area is 356 Å². The first-order valence-corrected chi connectivity index (χ1v) is 23.2. The maximum Gasteiger partial charge on any atom is 0.306 e. The van der Waals surface area contributed by atoms with E-state index in [1.807, 2.05) is 12.2 Å². The van der Waals surface area contributed by atoms with Crippen LogP contribution < -0.4 is 0 Å². The number of unbranched alkanes of at least 4 members (excludes halogenated alkanes) is 13. The second-order valence-electron chi connectivity index (χ2n) is 14.9. The summed E-state index contributed by atoms with van der Waals surface area (Å²) < 4.78 is 16.6. The fraction of sp³-hybridized carbons (Fsp3) is 0.635. The minimum Gasteiger partial charge on any atom is -0.462 e. The standard InChI is InChI=1S/C52H84O6/c1-4-7-10-13-16-19-22-24-26-27-29-30-33-36-39-42-45-51(54)57-48-49(47-56-50(53)44-41-38-35-32-21-18-15-12-9-6-3)58-52(55)46-43-40-37-34-31-28-25-23-20-17-14-11-8-5-2/h7-8,10-11,15-20,24,26,29-30,36,39,49H,4-6,9,12-14,21-23,25,27-28,31-35,37-38,40-48H2,1-3H3/b10-7-,11-8-,18-15-,19-16-,20-17-,26-24-,30-29-,39-36-. The van der Waals surface area contributed by atoms with E-state index in [1.165, 1.54) is 38.5 Å².